The van der Waals surface area contributed by atoms with Crippen molar-refractivity contribution in [1.82, 2.24) is 10.6 Å². The summed E-state index contributed by atoms with van der Waals surface area (Å²) in [6.07, 6.45) is 0. The molecule has 2 atom stereocenters. The Kier molecular flexibility index (Phi) is 6.56. The van der Waals surface area contributed by atoms with Gasteiger partial charge in [0.05, 0.1) is 10.5 Å². The van der Waals surface area contributed by atoms with Crippen molar-refractivity contribution in [3.8, 4) is 0 Å². The third-order valence-electron chi connectivity index (χ3n) is 3.85. The van der Waals surface area contributed by atoms with E-state index in [1.54, 1.807) is 19.1 Å². The van der Waals surface area contributed by atoms with Crippen molar-refractivity contribution in [3.05, 3.63) is 22.4 Å². The third kappa shape index (κ3) is 5.10. The Morgan fingerprint density at radius 1 is 1.32 bits per heavy atom. The standard InChI is InChI=1S/C16H26N2O3S/c1-10(2)13(18-14(19)12-7-6-8-22-12)15(20)17-9-16(5,21)11(3)4/h6-8,10-11,13,21H,9H2,1-5H3,(H,17,20)(H,18,19). The molecule has 0 bridgehead atoms. The third-order valence-corrected chi connectivity index (χ3v) is 4.71. The first-order chi connectivity index (χ1) is 10.1. The molecule has 0 aliphatic carbocycles. The molecule has 2 unspecified atom stereocenters. The van der Waals surface area contributed by atoms with Gasteiger partial charge in [0, 0.05) is 6.54 Å². The number of nitrogens with one attached hydrogen (secondary N) is 2. The van der Waals surface area contributed by atoms with E-state index in [0.717, 1.165) is 0 Å². The number of hydrogen-bond donors (Lipinski definition) is 3. The van der Waals surface area contributed by atoms with Gasteiger partial charge in [-0.25, -0.2) is 0 Å². The highest BCUT2D eigenvalue weighted by Gasteiger charge is 2.29. The number of amides is 2. The number of carbonyl (C=O) groups excluding carboxylic acids is 2. The van der Waals surface area contributed by atoms with Crippen molar-refractivity contribution >= 4 is 23.2 Å². The second-order valence-electron chi connectivity index (χ2n) is 6.40. The highest BCUT2D eigenvalue weighted by atomic mass is 32.1. The predicted molar refractivity (Wildman–Crippen MR) is 88.9 cm³/mol. The van der Waals surface area contributed by atoms with Crippen molar-refractivity contribution in [3.63, 3.8) is 0 Å². The van der Waals surface area contributed by atoms with E-state index in [1.807, 2.05) is 33.1 Å². The molecule has 0 spiro atoms. The van der Waals surface area contributed by atoms with Crippen LogP contribution < -0.4 is 10.6 Å². The van der Waals surface area contributed by atoms with Gasteiger partial charge < -0.3 is 15.7 Å². The smallest absolute Gasteiger partial charge is 0.262 e. The number of carbonyl (C=O) groups is 2. The molecule has 124 valence electrons. The fourth-order valence-electron chi connectivity index (χ4n) is 1.74. The van der Waals surface area contributed by atoms with Gasteiger partial charge in [-0.2, -0.15) is 0 Å². The summed E-state index contributed by atoms with van der Waals surface area (Å²) in [5.74, 6) is -0.556. The Morgan fingerprint density at radius 3 is 2.41 bits per heavy atom. The van der Waals surface area contributed by atoms with Crippen molar-refractivity contribution in [2.75, 3.05) is 6.54 Å². The maximum absolute atomic E-state index is 12.3. The highest BCUT2D eigenvalue weighted by Crippen LogP contribution is 2.15. The van der Waals surface area contributed by atoms with E-state index in [9.17, 15) is 14.7 Å². The van der Waals surface area contributed by atoms with E-state index in [0.29, 0.717) is 4.88 Å². The fraction of sp³-hybridized carbons (Fsp3) is 0.625. The van der Waals surface area contributed by atoms with Crippen LogP contribution in [0.3, 0.4) is 0 Å². The van der Waals surface area contributed by atoms with Crippen LogP contribution in [0.5, 0.6) is 0 Å². The van der Waals surface area contributed by atoms with Crippen molar-refractivity contribution in [2.45, 2.75) is 46.3 Å². The molecule has 0 radical (unpaired) electrons. The lowest BCUT2D eigenvalue weighted by Gasteiger charge is -2.29. The maximum atomic E-state index is 12.3. The average Bonchev–Trinajstić information content (AvgIpc) is 2.95. The van der Waals surface area contributed by atoms with Crippen molar-refractivity contribution < 1.29 is 14.7 Å². The van der Waals surface area contributed by atoms with Gasteiger partial charge in [-0.1, -0.05) is 33.8 Å². The number of hydrogen-bond acceptors (Lipinski definition) is 4. The second-order valence-corrected chi connectivity index (χ2v) is 7.35. The molecular weight excluding hydrogens is 300 g/mol. The zero-order chi connectivity index (χ0) is 16.9. The molecule has 0 saturated carbocycles. The SMILES string of the molecule is CC(C)C(NC(=O)c1cccs1)C(=O)NCC(C)(O)C(C)C. The van der Waals surface area contributed by atoms with Crippen LogP contribution in [0.1, 0.15) is 44.3 Å². The lowest BCUT2D eigenvalue weighted by Crippen LogP contribution is -2.53. The number of thiophene rings is 1. The molecule has 0 aliphatic rings. The van der Waals surface area contributed by atoms with Gasteiger partial charge in [0.2, 0.25) is 5.91 Å². The van der Waals surface area contributed by atoms with Gasteiger partial charge in [0.15, 0.2) is 0 Å². The quantitative estimate of drug-likeness (QED) is 0.717. The molecule has 5 nitrogen and oxygen atoms in total. The predicted octanol–water partition coefficient (Wildman–Crippen LogP) is 2.03. The molecule has 1 aromatic heterocycles. The topological polar surface area (TPSA) is 78.4 Å². The molecule has 6 heteroatoms. The molecule has 22 heavy (non-hydrogen) atoms. The molecule has 0 aliphatic heterocycles. The minimum atomic E-state index is -0.977. The normalized spacial score (nSPS) is 15.5. The van der Waals surface area contributed by atoms with Gasteiger partial charge in [0.1, 0.15) is 6.04 Å². The second kappa shape index (κ2) is 7.74. The number of rotatable bonds is 7. The molecule has 1 aromatic rings. The van der Waals surface area contributed by atoms with E-state index >= 15 is 0 Å². The molecule has 1 rings (SSSR count). The summed E-state index contributed by atoms with van der Waals surface area (Å²) in [5, 5.41) is 17.5. The minimum Gasteiger partial charge on any atom is -0.388 e. The Balaban J connectivity index is 2.67. The van der Waals surface area contributed by atoms with Gasteiger partial charge in [0.25, 0.3) is 5.91 Å². The summed E-state index contributed by atoms with van der Waals surface area (Å²) in [6, 6.07) is 2.89. The largest absolute Gasteiger partial charge is 0.388 e. The lowest BCUT2D eigenvalue weighted by atomic mass is 9.92. The highest BCUT2D eigenvalue weighted by molar-refractivity contribution is 7.12. The van der Waals surface area contributed by atoms with Crippen LogP contribution in [-0.4, -0.2) is 35.1 Å². The summed E-state index contributed by atoms with van der Waals surface area (Å²) in [6.45, 7) is 9.38. The fourth-order valence-corrected chi connectivity index (χ4v) is 2.36. The van der Waals surface area contributed by atoms with Gasteiger partial charge >= 0.3 is 0 Å². The van der Waals surface area contributed by atoms with E-state index in [2.05, 4.69) is 10.6 Å². The van der Waals surface area contributed by atoms with Crippen molar-refractivity contribution in [2.24, 2.45) is 11.8 Å². The van der Waals surface area contributed by atoms with Crippen molar-refractivity contribution in [1.29, 1.82) is 0 Å². The molecule has 1 heterocycles. The summed E-state index contributed by atoms with van der Waals surface area (Å²) in [5.41, 5.74) is -0.977. The van der Waals surface area contributed by atoms with Crippen LogP contribution in [0.25, 0.3) is 0 Å². The molecule has 3 N–H and O–H groups in total. The molecule has 0 aromatic carbocycles. The Morgan fingerprint density at radius 2 is 1.95 bits per heavy atom. The first kappa shape index (κ1) is 18.6. The van der Waals surface area contributed by atoms with Crippen LogP contribution in [0.2, 0.25) is 0 Å². The van der Waals surface area contributed by atoms with Crippen LogP contribution in [-0.2, 0) is 4.79 Å². The molecule has 0 saturated heterocycles. The maximum Gasteiger partial charge on any atom is 0.262 e. The Labute approximate surface area is 136 Å². The molecule has 0 fully saturated rings. The van der Waals surface area contributed by atoms with E-state index < -0.39 is 11.6 Å². The van der Waals surface area contributed by atoms with Gasteiger partial charge in [-0.3, -0.25) is 9.59 Å². The summed E-state index contributed by atoms with van der Waals surface area (Å²) in [7, 11) is 0. The number of aliphatic hydroxyl groups is 1. The average molecular weight is 326 g/mol. The minimum absolute atomic E-state index is 0.0195. The first-order valence-electron chi connectivity index (χ1n) is 7.49. The molecule has 2 amide bonds. The lowest BCUT2D eigenvalue weighted by molar-refractivity contribution is -0.125. The molecular formula is C16H26N2O3S. The van der Waals surface area contributed by atoms with Crippen LogP contribution in [0.4, 0.5) is 0 Å². The summed E-state index contributed by atoms with van der Waals surface area (Å²) < 4.78 is 0. The first-order valence-corrected chi connectivity index (χ1v) is 8.37. The monoisotopic (exact) mass is 326 g/mol. The summed E-state index contributed by atoms with van der Waals surface area (Å²) >= 11 is 1.33. The van der Waals surface area contributed by atoms with Gasteiger partial charge in [-0.05, 0) is 30.2 Å². The van der Waals surface area contributed by atoms with E-state index in [-0.39, 0.29) is 30.2 Å². The summed E-state index contributed by atoms with van der Waals surface area (Å²) in [4.78, 5) is 25.0. The Hall–Kier alpha value is -1.40. The van der Waals surface area contributed by atoms with Crippen LogP contribution >= 0.6 is 11.3 Å². The zero-order valence-corrected chi connectivity index (χ0v) is 14.7. The van der Waals surface area contributed by atoms with Gasteiger partial charge in [-0.15, -0.1) is 11.3 Å². The Bertz CT molecular complexity index is 495. The van der Waals surface area contributed by atoms with E-state index in [4.69, 9.17) is 0 Å². The zero-order valence-electron chi connectivity index (χ0n) is 13.8. The van der Waals surface area contributed by atoms with Crippen LogP contribution in [0.15, 0.2) is 17.5 Å². The van der Waals surface area contributed by atoms with Crippen LogP contribution in [0, 0.1) is 11.8 Å². The van der Waals surface area contributed by atoms with E-state index in [1.165, 1.54) is 11.3 Å².